The highest BCUT2D eigenvalue weighted by Gasteiger charge is 2.30. The number of halogens is 1. The maximum absolute atomic E-state index is 13.5. The number of rotatable bonds is 12. The van der Waals surface area contributed by atoms with E-state index < -0.39 is 6.04 Å². The number of hydrogen-bond acceptors (Lipinski definition) is 3. The first-order valence-corrected chi connectivity index (χ1v) is 12.0. The second-order valence-corrected chi connectivity index (χ2v) is 8.39. The smallest absolute Gasteiger partial charge is 0.243 e. The summed E-state index contributed by atoms with van der Waals surface area (Å²) in [4.78, 5) is 28.2. The van der Waals surface area contributed by atoms with Crippen LogP contribution in [0.1, 0.15) is 30.9 Å². The maximum atomic E-state index is 13.5. The summed E-state index contributed by atoms with van der Waals surface area (Å²) < 4.78 is 5.74. The Morgan fingerprint density at radius 2 is 1.59 bits per heavy atom. The molecule has 0 aromatic heterocycles. The molecular formula is C28H31ClN2O3. The van der Waals surface area contributed by atoms with E-state index in [1.807, 2.05) is 85.8 Å². The molecule has 1 unspecified atom stereocenters. The standard InChI is InChI=1S/C28H31ClN2O3/c1-2-30-28(33)26(20-22-12-5-3-6-13-22)31(21-23-14-9-10-17-25(23)29)27(32)18-11-19-34-24-15-7-4-8-16-24/h3-10,12-17,26H,2,11,18-21H2,1H3,(H,30,33). The second-order valence-electron chi connectivity index (χ2n) is 7.98. The lowest BCUT2D eigenvalue weighted by atomic mass is 10.0. The Hall–Kier alpha value is -3.31. The predicted octanol–water partition coefficient (Wildman–Crippen LogP) is 5.28. The minimum absolute atomic E-state index is 0.108. The van der Waals surface area contributed by atoms with Crippen molar-refractivity contribution in [3.8, 4) is 5.75 Å². The van der Waals surface area contributed by atoms with E-state index in [0.29, 0.717) is 31.0 Å². The van der Waals surface area contributed by atoms with Crippen molar-refractivity contribution in [3.05, 3.63) is 101 Å². The lowest BCUT2D eigenvalue weighted by Crippen LogP contribution is -2.50. The Morgan fingerprint density at radius 1 is 0.941 bits per heavy atom. The van der Waals surface area contributed by atoms with Gasteiger partial charge in [0.15, 0.2) is 0 Å². The molecular weight excluding hydrogens is 448 g/mol. The van der Waals surface area contributed by atoms with E-state index in [1.165, 1.54) is 0 Å². The monoisotopic (exact) mass is 478 g/mol. The van der Waals surface area contributed by atoms with Crippen LogP contribution < -0.4 is 10.1 Å². The first-order chi connectivity index (χ1) is 16.6. The molecule has 6 heteroatoms. The molecule has 0 aliphatic carbocycles. The molecule has 0 fully saturated rings. The molecule has 0 saturated heterocycles. The van der Waals surface area contributed by atoms with Crippen LogP contribution in [0, 0.1) is 0 Å². The molecule has 3 rings (SSSR count). The van der Waals surface area contributed by atoms with Crippen LogP contribution in [-0.2, 0) is 22.6 Å². The number of ether oxygens (including phenoxy) is 1. The second kappa shape index (κ2) is 13.4. The summed E-state index contributed by atoms with van der Waals surface area (Å²) in [5, 5.41) is 3.47. The normalized spacial score (nSPS) is 11.5. The fraction of sp³-hybridized carbons (Fsp3) is 0.286. The maximum Gasteiger partial charge on any atom is 0.243 e. The van der Waals surface area contributed by atoms with Gasteiger partial charge in [-0.1, -0.05) is 78.3 Å². The van der Waals surface area contributed by atoms with Crippen LogP contribution in [0.15, 0.2) is 84.9 Å². The van der Waals surface area contributed by atoms with E-state index in [-0.39, 0.29) is 24.8 Å². The van der Waals surface area contributed by atoms with E-state index in [4.69, 9.17) is 16.3 Å². The molecule has 34 heavy (non-hydrogen) atoms. The summed E-state index contributed by atoms with van der Waals surface area (Å²) in [6.45, 7) is 3.04. The molecule has 3 aromatic rings. The summed E-state index contributed by atoms with van der Waals surface area (Å²) >= 11 is 6.41. The molecule has 1 N–H and O–H groups in total. The van der Waals surface area contributed by atoms with Crippen molar-refractivity contribution in [2.75, 3.05) is 13.2 Å². The van der Waals surface area contributed by atoms with Crippen LogP contribution >= 0.6 is 11.6 Å². The first kappa shape index (κ1) is 25.3. The zero-order valence-electron chi connectivity index (χ0n) is 19.5. The zero-order valence-corrected chi connectivity index (χ0v) is 20.2. The van der Waals surface area contributed by atoms with Gasteiger partial charge in [-0.15, -0.1) is 0 Å². The van der Waals surface area contributed by atoms with Crippen molar-refractivity contribution < 1.29 is 14.3 Å². The molecule has 0 bridgehead atoms. The van der Waals surface area contributed by atoms with Gasteiger partial charge in [0.1, 0.15) is 11.8 Å². The minimum Gasteiger partial charge on any atom is -0.494 e. The van der Waals surface area contributed by atoms with Crippen molar-refractivity contribution in [3.63, 3.8) is 0 Å². The van der Waals surface area contributed by atoms with Gasteiger partial charge >= 0.3 is 0 Å². The quantitative estimate of drug-likeness (QED) is 0.360. The summed E-state index contributed by atoms with van der Waals surface area (Å²) in [6.07, 6.45) is 1.23. The van der Waals surface area contributed by atoms with E-state index >= 15 is 0 Å². The van der Waals surface area contributed by atoms with Gasteiger partial charge in [-0.2, -0.15) is 0 Å². The Kier molecular flexibility index (Phi) is 9.98. The van der Waals surface area contributed by atoms with Gasteiger partial charge in [0.05, 0.1) is 6.61 Å². The molecule has 0 aliphatic heterocycles. The summed E-state index contributed by atoms with van der Waals surface area (Å²) in [6, 6.07) is 26.0. The molecule has 0 aliphatic rings. The SMILES string of the molecule is CCNC(=O)C(Cc1ccccc1)N(Cc1ccccc1Cl)C(=O)CCCOc1ccccc1. The molecule has 0 saturated carbocycles. The van der Waals surface area contributed by atoms with Crippen LogP contribution in [0.4, 0.5) is 0 Å². The molecule has 178 valence electrons. The Bertz CT molecular complexity index is 1040. The van der Waals surface area contributed by atoms with Gasteiger partial charge in [0.2, 0.25) is 11.8 Å². The van der Waals surface area contributed by atoms with Crippen molar-refractivity contribution in [2.45, 2.75) is 38.8 Å². The zero-order chi connectivity index (χ0) is 24.2. The van der Waals surface area contributed by atoms with Crippen molar-refractivity contribution in [1.29, 1.82) is 0 Å². The summed E-state index contributed by atoms with van der Waals surface area (Å²) in [5.74, 6) is 0.489. The average molecular weight is 479 g/mol. The van der Waals surface area contributed by atoms with Gasteiger partial charge in [0, 0.05) is 31.0 Å². The number of carbonyl (C=O) groups is 2. The third kappa shape index (κ3) is 7.63. The molecule has 3 aromatic carbocycles. The Balaban J connectivity index is 1.78. The van der Waals surface area contributed by atoms with Gasteiger partial charge in [-0.25, -0.2) is 0 Å². The molecule has 0 heterocycles. The molecule has 5 nitrogen and oxygen atoms in total. The van der Waals surface area contributed by atoms with Crippen LogP contribution in [-0.4, -0.2) is 35.9 Å². The highest BCUT2D eigenvalue weighted by molar-refractivity contribution is 6.31. The molecule has 0 spiro atoms. The number of carbonyl (C=O) groups excluding carboxylic acids is 2. The Labute approximate surface area is 206 Å². The number of likely N-dealkylation sites (N-methyl/N-ethyl adjacent to an activating group) is 1. The lowest BCUT2D eigenvalue weighted by molar-refractivity contribution is -0.141. The fourth-order valence-electron chi connectivity index (χ4n) is 3.73. The van der Waals surface area contributed by atoms with Gasteiger partial charge in [-0.05, 0) is 42.7 Å². The largest absolute Gasteiger partial charge is 0.494 e. The van der Waals surface area contributed by atoms with Gasteiger partial charge < -0.3 is 15.0 Å². The van der Waals surface area contributed by atoms with Crippen LogP contribution in [0.5, 0.6) is 5.75 Å². The third-order valence-corrected chi connectivity index (χ3v) is 5.84. The minimum atomic E-state index is -0.652. The molecule has 2 amide bonds. The number of nitrogens with one attached hydrogen (secondary N) is 1. The fourth-order valence-corrected chi connectivity index (χ4v) is 3.93. The Morgan fingerprint density at radius 3 is 2.26 bits per heavy atom. The number of amides is 2. The van der Waals surface area contributed by atoms with Crippen molar-refractivity contribution in [2.24, 2.45) is 0 Å². The highest BCUT2D eigenvalue weighted by atomic mass is 35.5. The first-order valence-electron chi connectivity index (χ1n) is 11.6. The number of hydrogen-bond donors (Lipinski definition) is 1. The lowest BCUT2D eigenvalue weighted by Gasteiger charge is -2.32. The van der Waals surface area contributed by atoms with Gasteiger partial charge in [-0.3, -0.25) is 9.59 Å². The summed E-state index contributed by atoms with van der Waals surface area (Å²) in [7, 11) is 0. The molecule has 0 radical (unpaired) electrons. The van der Waals surface area contributed by atoms with Crippen LogP contribution in [0.25, 0.3) is 0 Å². The molecule has 1 atom stereocenters. The van der Waals surface area contributed by atoms with Crippen molar-refractivity contribution >= 4 is 23.4 Å². The van der Waals surface area contributed by atoms with E-state index in [0.717, 1.165) is 16.9 Å². The van der Waals surface area contributed by atoms with Gasteiger partial charge in [0.25, 0.3) is 0 Å². The number of para-hydroxylation sites is 1. The summed E-state index contributed by atoms with van der Waals surface area (Å²) in [5.41, 5.74) is 1.79. The van der Waals surface area contributed by atoms with E-state index in [9.17, 15) is 9.59 Å². The highest BCUT2D eigenvalue weighted by Crippen LogP contribution is 2.21. The van der Waals surface area contributed by atoms with E-state index in [1.54, 1.807) is 11.0 Å². The average Bonchev–Trinajstić information content (AvgIpc) is 2.86. The van der Waals surface area contributed by atoms with E-state index in [2.05, 4.69) is 5.32 Å². The third-order valence-electron chi connectivity index (χ3n) is 5.47. The van der Waals surface area contributed by atoms with Crippen LogP contribution in [0.2, 0.25) is 5.02 Å². The topological polar surface area (TPSA) is 58.6 Å². The van der Waals surface area contributed by atoms with Crippen molar-refractivity contribution in [1.82, 2.24) is 10.2 Å². The number of nitrogens with zero attached hydrogens (tertiary/aromatic N) is 1. The number of benzene rings is 3. The van der Waals surface area contributed by atoms with Crippen LogP contribution in [0.3, 0.4) is 0 Å². The predicted molar refractivity (Wildman–Crippen MR) is 136 cm³/mol.